The number of piperidine rings is 1. The summed E-state index contributed by atoms with van der Waals surface area (Å²) in [6, 6.07) is -0.434. The Morgan fingerprint density at radius 2 is 1.24 bits per heavy atom. The number of ether oxygens (including phenoxy) is 2. The molecule has 0 spiro atoms. The topological polar surface area (TPSA) is 148 Å². The van der Waals surface area contributed by atoms with Crippen molar-refractivity contribution in [2.75, 3.05) is 39.8 Å². The van der Waals surface area contributed by atoms with Gasteiger partial charge in [0.25, 0.3) is 0 Å². The lowest BCUT2D eigenvalue weighted by molar-refractivity contribution is -0.125. The molecule has 2 atom stereocenters. The molecule has 190 valence electrons. The summed E-state index contributed by atoms with van der Waals surface area (Å²) < 4.78 is 10.5. The summed E-state index contributed by atoms with van der Waals surface area (Å²) in [6.45, 7) is 13.4. The molecule has 2 heterocycles. The molecule has 2 fully saturated rings. The lowest BCUT2D eigenvalue weighted by Gasteiger charge is -2.38. The second kappa shape index (κ2) is 11.5. The molecule has 0 saturated carbocycles. The summed E-state index contributed by atoms with van der Waals surface area (Å²) in [5.74, 6) is -0.990. The van der Waals surface area contributed by atoms with Crippen LogP contribution in [-0.2, 0) is 19.1 Å². The normalized spacial score (nSPS) is 22.0. The zero-order valence-corrected chi connectivity index (χ0v) is 21.1. The first-order chi connectivity index (χ1) is 15.0. The number of hydrogen-bond donors (Lipinski definition) is 2. The molecule has 2 aliphatic heterocycles. The number of nitrogens with two attached hydrogens (primary N) is 2. The van der Waals surface area contributed by atoms with Crippen molar-refractivity contribution in [1.82, 2.24) is 14.7 Å². The van der Waals surface area contributed by atoms with Crippen LogP contribution < -0.4 is 11.5 Å². The van der Waals surface area contributed by atoms with Gasteiger partial charge in [0.1, 0.15) is 17.2 Å². The van der Waals surface area contributed by atoms with Crippen molar-refractivity contribution >= 4 is 24.0 Å². The molecule has 4 amide bonds. The fourth-order valence-electron chi connectivity index (χ4n) is 3.37. The van der Waals surface area contributed by atoms with Gasteiger partial charge in [0.05, 0.1) is 5.92 Å². The number of amides is 4. The van der Waals surface area contributed by atoms with Crippen LogP contribution in [0.2, 0.25) is 0 Å². The lowest BCUT2D eigenvalue weighted by Crippen LogP contribution is -2.58. The van der Waals surface area contributed by atoms with Crippen molar-refractivity contribution < 1.29 is 28.7 Å². The number of nitrogens with zero attached hydrogens (tertiary/aromatic N) is 3. The summed E-state index contributed by atoms with van der Waals surface area (Å²) in [5, 5.41) is 0. The number of likely N-dealkylation sites (tertiary alicyclic amines) is 1. The number of primary amides is 2. The molecule has 4 N–H and O–H groups in total. The van der Waals surface area contributed by atoms with Crippen molar-refractivity contribution in [3.8, 4) is 0 Å². The number of hydrogen-bond acceptors (Lipinski definition) is 7. The van der Waals surface area contributed by atoms with Crippen molar-refractivity contribution in [3.05, 3.63) is 0 Å². The SMILES string of the molecule is CC(C)(C)OC(=O)N1CCCC(C(N)=O)C1.CN1CCN(C(=O)OC(C)(C)C)CC1C(N)=O. The number of rotatable bonds is 2. The summed E-state index contributed by atoms with van der Waals surface area (Å²) >= 11 is 0. The van der Waals surface area contributed by atoms with Gasteiger partial charge in [-0.05, 0) is 61.4 Å². The average Bonchev–Trinajstić information content (AvgIpc) is 2.66. The van der Waals surface area contributed by atoms with E-state index >= 15 is 0 Å². The van der Waals surface area contributed by atoms with Gasteiger partial charge in [-0.2, -0.15) is 0 Å². The van der Waals surface area contributed by atoms with Crippen molar-refractivity contribution in [1.29, 1.82) is 0 Å². The van der Waals surface area contributed by atoms with E-state index in [4.69, 9.17) is 20.9 Å². The predicted octanol–water partition coefficient (Wildman–Crippen LogP) is 1.14. The Kier molecular flexibility index (Phi) is 9.95. The largest absolute Gasteiger partial charge is 0.444 e. The molecular weight excluding hydrogens is 430 g/mol. The minimum atomic E-state index is -0.525. The van der Waals surface area contributed by atoms with Gasteiger partial charge in [0.15, 0.2) is 0 Å². The van der Waals surface area contributed by atoms with Gasteiger partial charge < -0.3 is 30.7 Å². The minimum Gasteiger partial charge on any atom is -0.444 e. The van der Waals surface area contributed by atoms with E-state index in [-0.39, 0.29) is 17.9 Å². The standard InChI is InChI=1S/C11H21N3O3.C11H20N2O3/c1-11(2,3)17-10(16)14-6-5-13(4)8(7-14)9(12)15;1-11(2,3)16-10(15)13-6-4-5-8(7-13)9(12)14/h8H,5-7H2,1-4H3,(H2,12,15);8H,4-7H2,1-3H3,(H2,12,14). The first kappa shape index (κ1) is 28.5. The van der Waals surface area contributed by atoms with Crippen LogP contribution in [0.4, 0.5) is 9.59 Å². The second-order valence-electron chi connectivity index (χ2n) is 10.5. The zero-order valence-electron chi connectivity index (χ0n) is 21.1. The summed E-state index contributed by atoms with van der Waals surface area (Å²) in [6.07, 6.45) is 0.803. The van der Waals surface area contributed by atoms with Crippen LogP contribution in [0.15, 0.2) is 0 Å². The molecule has 0 radical (unpaired) electrons. The molecule has 2 aliphatic rings. The van der Waals surface area contributed by atoms with Gasteiger partial charge >= 0.3 is 12.2 Å². The van der Waals surface area contributed by atoms with Crippen LogP contribution in [0.25, 0.3) is 0 Å². The van der Waals surface area contributed by atoms with Gasteiger partial charge in [-0.3, -0.25) is 14.5 Å². The van der Waals surface area contributed by atoms with E-state index in [1.165, 1.54) is 4.90 Å². The van der Waals surface area contributed by atoms with E-state index in [0.29, 0.717) is 32.7 Å². The van der Waals surface area contributed by atoms with E-state index in [1.807, 2.05) is 53.5 Å². The fourth-order valence-corrected chi connectivity index (χ4v) is 3.37. The van der Waals surface area contributed by atoms with Crippen LogP contribution in [0.3, 0.4) is 0 Å². The third-order valence-corrected chi connectivity index (χ3v) is 5.10. The molecule has 0 bridgehead atoms. The first-order valence-electron chi connectivity index (χ1n) is 11.2. The highest BCUT2D eigenvalue weighted by molar-refractivity contribution is 5.81. The van der Waals surface area contributed by atoms with Gasteiger partial charge in [0, 0.05) is 32.7 Å². The molecule has 2 unspecified atom stereocenters. The molecule has 0 aromatic heterocycles. The van der Waals surface area contributed by atoms with Gasteiger partial charge in [-0.15, -0.1) is 0 Å². The fraction of sp³-hybridized carbons (Fsp3) is 0.818. The number of piperazine rings is 1. The van der Waals surface area contributed by atoms with Crippen molar-refractivity contribution in [3.63, 3.8) is 0 Å². The molecule has 11 nitrogen and oxygen atoms in total. The molecular formula is C22H41N5O6. The highest BCUT2D eigenvalue weighted by Gasteiger charge is 2.33. The lowest BCUT2D eigenvalue weighted by atomic mass is 9.98. The quantitative estimate of drug-likeness (QED) is 0.613. The Balaban J connectivity index is 0.000000331. The summed E-state index contributed by atoms with van der Waals surface area (Å²) in [5.41, 5.74) is 9.50. The monoisotopic (exact) mass is 471 g/mol. The van der Waals surface area contributed by atoms with Gasteiger partial charge in [-0.1, -0.05) is 0 Å². The van der Waals surface area contributed by atoms with E-state index in [9.17, 15) is 19.2 Å². The van der Waals surface area contributed by atoms with Crippen molar-refractivity contribution in [2.45, 2.75) is 71.6 Å². The predicted molar refractivity (Wildman–Crippen MR) is 123 cm³/mol. The van der Waals surface area contributed by atoms with E-state index in [1.54, 1.807) is 4.90 Å². The highest BCUT2D eigenvalue weighted by Crippen LogP contribution is 2.19. The smallest absolute Gasteiger partial charge is 0.410 e. The maximum absolute atomic E-state index is 11.8. The molecule has 0 aliphatic carbocycles. The third kappa shape index (κ3) is 10.3. The third-order valence-electron chi connectivity index (χ3n) is 5.10. The molecule has 2 saturated heterocycles. The van der Waals surface area contributed by atoms with Crippen LogP contribution >= 0.6 is 0 Å². The Bertz CT molecular complexity index is 715. The molecule has 2 rings (SSSR count). The summed E-state index contributed by atoms with van der Waals surface area (Å²) in [4.78, 5) is 50.8. The van der Waals surface area contributed by atoms with E-state index in [2.05, 4.69) is 0 Å². The first-order valence-corrected chi connectivity index (χ1v) is 11.2. The zero-order chi connectivity index (χ0) is 25.6. The summed E-state index contributed by atoms with van der Waals surface area (Å²) in [7, 11) is 1.82. The van der Waals surface area contributed by atoms with Gasteiger partial charge in [0.2, 0.25) is 11.8 Å². The van der Waals surface area contributed by atoms with Crippen LogP contribution in [0.1, 0.15) is 54.4 Å². The number of carbonyl (C=O) groups is 4. The van der Waals surface area contributed by atoms with E-state index in [0.717, 1.165) is 12.8 Å². The molecule has 33 heavy (non-hydrogen) atoms. The average molecular weight is 472 g/mol. The minimum absolute atomic E-state index is 0.235. The number of carbonyl (C=O) groups excluding carboxylic acids is 4. The second-order valence-corrected chi connectivity index (χ2v) is 10.5. The molecule has 0 aromatic rings. The Morgan fingerprint density at radius 3 is 1.67 bits per heavy atom. The molecule has 0 aromatic carbocycles. The van der Waals surface area contributed by atoms with Crippen LogP contribution in [0, 0.1) is 5.92 Å². The highest BCUT2D eigenvalue weighted by atomic mass is 16.6. The Labute approximate surface area is 196 Å². The Hall–Kier alpha value is -2.56. The van der Waals surface area contributed by atoms with E-state index < -0.39 is 29.2 Å². The van der Waals surface area contributed by atoms with Crippen LogP contribution in [-0.4, -0.2) is 95.7 Å². The van der Waals surface area contributed by atoms with Gasteiger partial charge in [-0.25, -0.2) is 9.59 Å². The van der Waals surface area contributed by atoms with Crippen molar-refractivity contribution in [2.24, 2.45) is 17.4 Å². The van der Waals surface area contributed by atoms with Crippen LogP contribution in [0.5, 0.6) is 0 Å². The maximum atomic E-state index is 11.8. The molecule has 11 heteroatoms. The number of likely N-dealkylation sites (N-methyl/N-ethyl adjacent to an activating group) is 1. The Morgan fingerprint density at radius 1 is 0.758 bits per heavy atom. The maximum Gasteiger partial charge on any atom is 0.410 e.